The first-order valence-corrected chi connectivity index (χ1v) is 9.23. The minimum absolute atomic E-state index is 0.0604. The molecule has 1 aromatic carbocycles. The number of methoxy groups -OCH3 is 1. The van der Waals surface area contributed by atoms with Crippen LogP contribution in [-0.2, 0) is 19.1 Å². The molecule has 0 saturated carbocycles. The van der Waals surface area contributed by atoms with E-state index in [1.807, 2.05) is 6.07 Å². The number of anilines is 1. The van der Waals surface area contributed by atoms with Crippen molar-refractivity contribution in [3.05, 3.63) is 18.2 Å². The van der Waals surface area contributed by atoms with Crippen molar-refractivity contribution < 1.29 is 28.5 Å². The van der Waals surface area contributed by atoms with Crippen LogP contribution in [0.3, 0.4) is 0 Å². The van der Waals surface area contributed by atoms with Gasteiger partial charge in [0.25, 0.3) is 0 Å². The van der Waals surface area contributed by atoms with Crippen molar-refractivity contribution in [1.82, 2.24) is 5.32 Å². The van der Waals surface area contributed by atoms with Crippen molar-refractivity contribution in [1.29, 1.82) is 0 Å². The number of amides is 2. The lowest BCUT2D eigenvalue weighted by molar-refractivity contribution is -0.126. The Morgan fingerprint density at radius 3 is 2.85 bits per heavy atom. The minimum atomic E-state index is -0.347. The largest absolute Gasteiger partial charge is 0.486 e. The van der Waals surface area contributed by atoms with E-state index in [1.54, 1.807) is 24.1 Å². The lowest BCUT2D eigenvalue weighted by Crippen LogP contribution is -2.34. The molecule has 2 amide bonds. The van der Waals surface area contributed by atoms with E-state index >= 15 is 0 Å². The normalized spacial score (nSPS) is 18.6. The summed E-state index contributed by atoms with van der Waals surface area (Å²) in [4.78, 5) is 26.4. The summed E-state index contributed by atoms with van der Waals surface area (Å²) in [5, 5.41) is 2.88. The monoisotopic (exact) mass is 378 g/mol. The number of nitrogens with one attached hydrogen (secondary N) is 1. The molecular weight excluding hydrogens is 352 g/mol. The molecule has 1 saturated heterocycles. The third kappa shape index (κ3) is 5.11. The van der Waals surface area contributed by atoms with Crippen LogP contribution in [-0.4, -0.2) is 65.0 Å². The summed E-state index contributed by atoms with van der Waals surface area (Å²) < 4.78 is 21.3. The number of nitrogens with zero attached hydrogens (tertiary/aromatic N) is 1. The molecule has 1 N–H and O–H groups in total. The fourth-order valence-electron chi connectivity index (χ4n) is 3.11. The molecule has 1 unspecified atom stereocenters. The van der Waals surface area contributed by atoms with Gasteiger partial charge in [-0.2, -0.15) is 0 Å². The molecule has 1 aromatic rings. The van der Waals surface area contributed by atoms with Crippen LogP contribution in [0.15, 0.2) is 18.2 Å². The van der Waals surface area contributed by atoms with Crippen molar-refractivity contribution in [3.63, 3.8) is 0 Å². The number of benzene rings is 1. The molecule has 3 rings (SSSR count). The van der Waals surface area contributed by atoms with Crippen molar-refractivity contribution in [2.75, 3.05) is 58.1 Å². The SMILES string of the molecule is COCCOCCCNC(=O)C1CC(=O)N(c2ccc3c(c2)OCCO3)C1. The minimum Gasteiger partial charge on any atom is -0.486 e. The maximum absolute atomic E-state index is 12.4. The Bertz CT molecular complexity index is 666. The van der Waals surface area contributed by atoms with Crippen LogP contribution in [0.25, 0.3) is 0 Å². The van der Waals surface area contributed by atoms with E-state index in [-0.39, 0.29) is 24.2 Å². The maximum Gasteiger partial charge on any atom is 0.227 e. The molecule has 148 valence electrons. The van der Waals surface area contributed by atoms with Crippen LogP contribution in [0, 0.1) is 5.92 Å². The summed E-state index contributed by atoms with van der Waals surface area (Å²) in [5.74, 6) is 0.807. The Hall–Kier alpha value is -2.32. The van der Waals surface area contributed by atoms with Crippen molar-refractivity contribution >= 4 is 17.5 Å². The lowest BCUT2D eigenvalue weighted by atomic mass is 10.1. The second-order valence-corrected chi connectivity index (χ2v) is 6.48. The zero-order valence-electron chi connectivity index (χ0n) is 15.6. The summed E-state index contributed by atoms with van der Waals surface area (Å²) in [6, 6.07) is 5.42. The van der Waals surface area contributed by atoms with E-state index in [4.69, 9.17) is 18.9 Å². The molecule has 0 aromatic heterocycles. The van der Waals surface area contributed by atoms with Gasteiger partial charge in [0.05, 0.1) is 19.1 Å². The molecule has 27 heavy (non-hydrogen) atoms. The second-order valence-electron chi connectivity index (χ2n) is 6.48. The Morgan fingerprint density at radius 1 is 1.22 bits per heavy atom. The molecule has 0 radical (unpaired) electrons. The van der Waals surface area contributed by atoms with Gasteiger partial charge in [-0.3, -0.25) is 9.59 Å². The fraction of sp³-hybridized carbons (Fsp3) is 0.579. The lowest BCUT2D eigenvalue weighted by Gasteiger charge is -2.22. The summed E-state index contributed by atoms with van der Waals surface area (Å²) in [6.07, 6.45) is 0.937. The number of hydrogen-bond donors (Lipinski definition) is 1. The highest BCUT2D eigenvalue weighted by Crippen LogP contribution is 2.35. The third-order valence-corrected chi connectivity index (χ3v) is 4.53. The predicted molar refractivity (Wildman–Crippen MR) is 98.2 cm³/mol. The van der Waals surface area contributed by atoms with E-state index < -0.39 is 0 Å². The van der Waals surface area contributed by atoms with Crippen LogP contribution < -0.4 is 19.7 Å². The smallest absolute Gasteiger partial charge is 0.227 e. The zero-order chi connectivity index (χ0) is 19.1. The predicted octanol–water partition coefficient (Wildman–Crippen LogP) is 0.980. The summed E-state index contributed by atoms with van der Waals surface area (Å²) in [6.45, 7) is 3.59. The topological polar surface area (TPSA) is 86.3 Å². The van der Waals surface area contributed by atoms with Crippen LogP contribution in [0.4, 0.5) is 5.69 Å². The Kier molecular flexibility index (Phi) is 6.89. The molecule has 0 bridgehead atoms. The fourth-order valence-corrected chi connectivity index (χ4v) is 3.11. The van der Waals surface area contributed by atoms with Gasteiger partial charge in [-0.15, -0.1) is 0 Å². The van der Waals surface area contributed by atoms with E-state index in [9.17, 15) is 9.59 Å². The third-order valence-electron chi connectivity index (χ3n) is 4.53. The number of ether oxygens (including phenoxy) is 4. The van der Waals surface area contributed by atoms with Crippen LogP contribution in [0.5, 0.6) is 11.5 Å². The molecule has 1 atom stereocenters. The molecule has 0 spiro atoms. The quantitative estimate of drug-likeness (QED) is 0.645. The second kappa shape index (κ2) is 9.57. The van der Waals surface area contributed by atoms with E-state index in [0.29, 0.717) is 57.6 Å². The Morgan fingerprint density at radius 2 is 2.04 bits per heavy atom. The average molecular weight is 378 g/mol. The van der Waals surface area contributed by atoms with Crippen molar-refractivity contribution in [2.45, 2.75) is 12.8 Å². The molecule has 8 heteroatoms. The van der Waals surface area contributed by atoms with E-state index in [2.05, 4.69) is 5.32 Å². The Labute approximate surface area is 158 Å². The van der Waals surface area contributed by atoms with Crippen molar-refractivity contribution in [2.24, 2.45) is 5.92 Å². The highest BCUT2D eigenvalue weighted by atomic mass is 16.6. The summed E-state index contributed by atoms with van der Waals surface area (Å²) in [7, 11) is 1.63. The van der Waals surface area contributed by atoms with Gasteiger partial charge in [0, 0.05) is 45.0 Å². The number of carbonyl (C=O) groups excluding carboxylic acids is 2. The highest BCUT2D eigenvalue weighted by molar-refractivity contribution is 6.00. The highest BCUT2D eigenvalue weighted by Gasteiger charge is 2.35. The summed E-state index contributed by atoms with van der Waals surface area (Å²) >= 11 is 0. The summed E-state index contributed by atoms with van der Waals surface area (Å²) in [5.41, 5.74) is 0.728. The van der Waals surface area contributed by atoms with Gasteiger partial charge >= 0.3 is 0 Å². The van der Waals surface area contributed by atoms with Crippen molar-refractivity contribution in [3.8, 4) is 11.5 Å². The standard InChI is InChI=1S/C19H26N2O6/c1-24-7-8-25-6-2-5-20-19(23)14-11-18(22)21(13-14)15-3-4-16-17(12-15)27-10-9-26-16/h3-4,12,14H,2,5-11,13H2,1H3,(H,20,23). The van der Waals surface area contributed by atoms with Gasteiger partial charge in [-0.05, 0) is 18.6 Å². The Balaban J connectivity index is 1.46. The average Bonchev–Trinajstić information content (AvgIpc) is 3.08. The van der Waals surface area contributed by atoms with Gasteiger partial charge in [0.15, 0.2) is 11.5 Å². The van der Waals surface area contributed by atoms with Gasteiger partial charge < -0.3 is 29.2 Å². The van der Waals surface area contributed by atoms with Gasteiger partial charge in [-0.25, -0.2) is 0 Å². The molecule has 2 aliphatic heterocycles. The number of carbonyl (C=O) groups is 2. The van der Waals surface area contributed by atoms with E-state index in [0.717, 1.165) is 12.1 Å². The first-order chi connectivity index (χ1) is 13.2. The first kappa shape index (κ1) is 19.4. The van der Waals surface area contributed by atoms with Gasteiger partial charge in [0.1, 0.15) is 13.2 Å². The molecule has 0 aliphatic carbocycles. The molecule has 2 aliphatic rings. The molecule has 1 fully saturated rings. The first-order valence-electron chi connectivity index (χ1n) is 9.23. The molecule has 2 heterocycles. The van der Waals surface area contributed by atoms with Crippen LogP contribution >= 0.6 is 0 Å². The number of hydrogen-bond acceptors (Lipinski definition) is 6. The number of fused-ring (bicyclic) bond motifs is 1. The van der Waals surface area contributed by atoms with E-state index in [1.165, 1.54) is 0 Å². The number of rotatable bonds is 9. The molecular formula is C19H26N2O6. The maximum atomic E-state index is 12.4. The van der Waals surface area contributed by atoms with Crippen LogP contribution in [0.1, 0.15) is 12.8 Å². The van der Waals surface area contributed by atoms with Crippen LogP contribution in [0.2, 0.25) is 0 Å². The zero-order valence-corrected chi connectivity index (χ0v) is 15.6. The van der Waals surface area contributed by atoms with Gasteiger partial charge in [-0.1, -0.05) is 0 Å². The van der Waals surface area contributed by atoms with Gasteiger partial charge in [0.2, 0.25) is 11.8 Å². The molecule has 8 nitrogen and oxygen atoms in total.